The third kappa shape index (κ3) is 4.41. The van der Waals surface area contributed by atoms with Crippen molar-refractivity contribution in [2.24, 2.45) is 5.92 Å². The molecule has 0 spiro atoms. The number of benzene rings is 1. The van der Waals surface area contributed by atoms with Crippen LogP contribution in [0, 0.1) is 12.8 Å². The van der Waals surface area contributed by atoms with E-state index in [0.29, 0.717) is 37.6 Å². The molecule has 0 radical (unpaired) electrons. The smallest absolute Gasteiger partial charge is 0.224 e. The van der Waals surface area contributed by atoms with Crippen molar-refractivity contribution in [2.45, 2.75) is 56.7 Å². The van der Waals surface area contributed by atoms with Gasteiger partial charge in [0.2, 0.25) is 21.8 Å². The predicted molar refractivity (Wildman–Crippen MR) is 111 cm³/mol. The molecular weight excluding hydrogens is 404 g/mol. The van der Waals surface area contributed by atoms with Gasteiger partial charge in [-0.1, -0.05) is 48.3 Å². The maximum absolute atomic E-state index is 13.0. The standard InChI is InChI=1S/C21H28N4O4S/c1-16-22-20(24-29-16)21(11-5-6-12-21)23-19(26)18-9-13-25(14-10-18)30(27,28)15-17-7-3-2-4-8-17/h2-4,7-8,18H,5-6,9-15H2,1H3,(H,23,26). The van der Waals surface area contributed by atoms with Crippen LogP contribution in [-0.2, 0) is 26.1 Å². The normalized spacial score (nSPS) is 20.3. The van der Waals surface area contributed by atoms with E-state index in [1.54, 1.807) is 6.92 Å². The second kappa shape index (κ2) is 8.47. The SMILES string of the molecule is Cc1nc(C2(NC(=O)C3CCN(S(=O)(=O)Cc4ccccc4)CC3)CCCC2)no1. The number of hydrogen-bond donors (Lipinski definition) is 1. The summed E-state index contributed by atoms with van der Waals surface area (Å²) in [6.07, 6.45) is 4.63. The van der Waals surface area contributed by atoms with Crippen molar-refractivity contribution < 1.29 is 17.7 Å². The molecule has 1 saturated carbocycles. The number of aryl methyl sites for hydroxylation is 1. The summed E-state index contributed by atoms with van der Waals surface area (Å²) in [7, 11) is -3.39. The Morgan fingerprint density at radius 1 is 1.20 bits per heavy atom. The Kier molecular flexibility index (Phi) is 5.92. The summed E-state index contributed by atoms with van der Waals surface area (Å²) < 4.78 is 32.1. The minimum absolute atomic E-state index is 0.00893. The molecule has 30 heavy (non-hydrogen) atoms. The van der Waals surface area contributed by atoms with E-state index in [2.05, 4.69) is 15.5 Å². The van der Waals surface area contributed by atoms with Crippen LogP contribution >= 0.6 is 0 Å². The lowest BCUT2D eigenvalue weighted by atomic mass is 9.92. The van der Waals surface area contributed by atoms with Crippen LogP contribution in [-0.4, -0.2) is 41.9 Å². The van der Waals surface area contributed by atoms with E-state index in [4.69, 9.17) is 4.52 Å². The van der Waals surface area contributed by atoms with E-state index >= 15 is 0 Å². The number of amides is 1. The van der Waals surface area contributed by atoms with Gasteiger partial charge in [-0.25, -0.2) is 12.7 Å². The van der Waals surface area contributed by atoms with Crippen molar-refractivity contribution in [1.29, 1.82) is 0 Å². The van der Waals surface area contributed by atoms with Crippen molar-refractivity contribution in [1.82, 2.24) is 19.8 Å². The van der Waals surface area contributed by atoms with Gasteiger partial charge in [0.15, 0.2) is 5.82 Å². The fourth-order valence-corrected chi connectivity index (χ4v) is 6.05. The average molecular weight is 433 g/mol. The summed E-state index contributed by atoms with van der Waals surface area (Å²) in [4.78, 5) is 17.4. The molecule has 1 aliphatic carbocycles. The summed E-state index contributed by atoms with van der Waals surface area (Å²) in [5, 5.41) is 7.26. The topological polar surface area (TPSA) is 105 Å². The first kappa shape index (κ1) is 21.0. The second-order valence-corrected chi connectivity index (χ2v) is 10.3. The summed E-state index contributed by atoms with van der Waals surface area (Å²) >= 11 is 0. The number of sulfonamides is 1. The second-order valence-electron chi connectivity index (χ2n) is 8.33. The third-order valence-electron chi connectivity index (χ3n) is 6.19. The summed E-state index contributed by atoms with van der Waals surface area (Å²) in [5.41, 5.74) is 0.210. The van der Waals surface area contributed by atoms with Crippen LogP contribution in [0.25, 0.3) is 0 Å². The van der Waals surface area contributed by atoms with Gasteiger partial charge in [0.25, 0.3) is 0 Å². The van der Waals surface area contributed by atoms with E-state index in [9.17, 15) is 13.2 Å². The summed E-state index contributed by atoms with van der Waals surface area (Å²) in [5.74, 6) is 0.777. The lowest BCUT2D eigenvalue weighted by molar-refractivity contribution is -0.128. The first-order valence-electron chi connectivity index (χ1n) is 10.5. The zero-order valence-corrected chi connectivity index (χ0v) is 18.0. The molecule has 0 atom stereocenters. The highest BCUT2D eigenvalue weighted by Gasteiger charge is 2.43. The number of rotatable bonds is 6. The number of piperidine rings is 1. The molecule has 0 bridgehead atoms. The number of carbonyl (C=O) groups is 1. The average Bonchev–Trinajstić information content (AvgIpc) is 3.38. The summed E-state index contributed by atoms with van der Waals surface area (Å²) in [6, 6.07) is 9.18. The molecule has 1 N–H and O–H groups in total. The Bertz CT molecular complexity index is 975. The first-order chi connectivity index (χ1) is 14.4. The fraction of sp³-hybridized carbons (Fsp3) is 0.571. The molecule has 2 fully saturated rings. The van der Waals surface area contributed by atoms with Gasteiger partial charge < -0.3 is 9.84 Å². The molecule has 1 amide bonds. The zero-order valence-electron chi connectivity index (χ0n) is 17.2. The van der Waals surface area contributed by atoms with E-state index < -0.39 is 15.6 Å². The lowest BCUT2D eigenvalue weighted by Gasteiger charge is -2.33. The van der Waals surface area contributed by atoms with E-state index in [0.717, 1.165) is 31.2 Å². The molecule has 1 aromatic heterocycles. The largest absolute Gasteiger partial charge is 0.343 e. The molecule has 2 aliphatic rings. The minimum Gasteiger partial charge on any atom is -0.343 e. The Hall–Kier alpha value is -2.26. The summed E-state index contributed by atoms with van der Waals surface area (Å²) in [6.45, 7) is 2.47. The molecule has 1 saturated heterocycles. The Morgan fingerprint density at radius 3 is 2.47 bits per heavy atom. The highest BCUT2D eigenvalue weighted by Crippen LogP contribution is 2.38. The molecule has 0 unspecified atom stereocenters. The quantitative estimate of drug-likeness (QED) is 0.752. The number of hydrogen-bond acceptors (Lipinski definition) is 6. The van der Waals surface area contributed by atoms with Crippen molar-refractivity contribution in [3.8, 4) is 0 Å². The molecule has 2 aromatic rings. The van der Waals surface area contributed by atoms with Crippen LogP contribution in [0.3, 0.4) is 0 Å². The highest BCUT2D eigenvalue weighted by molar-refractivity contribution is 7.88. The number of aromatic nitrogens is 2. The Balaban J connectivity index is 1.37. The van der Waals surface area contributed by atoms with Gasteiger partial charge in [-0.3, -0.25) is 4.79 Å². The molecule has 1 aliphatic heterocycles. The third-order valence-corrected chi connectivity index (χ3v) is 8.04. The van der Waals surface area contributed by atoms with Crippen LogP contribution in [0.1, 0.15) is 55.8 Å². The molecular formula is C21H28N4O4S. The van der Waals surface area contributed by atoms with E-state index in [-0.39, 0.29) is 17.6 Å². The van der Waals surface area contributed by atoms with Crippen LogP contribution in [0.5, 0.6) is 0 Å². The van der Waals surface area contributed by atoms with Crippen molar-refractivity contribution in [3.05, 3.63) is 47.6 Å². The van der Waals surface area contributed by atoms with Crippen LogP contribution < -0.4 is 5.32 Å². The van der Waals surface area contributed by atoms with Gasteiger partial charge in [-0.05, 0) is 31.2 Å². The van der Waals surface area contributed by atoms with Gasteiger partial charge in [-0.15, -0.1) is 0 Å². The van der Waals surface area contributed by atoms with E-state index in [1.165, 1.54) is 4.31 Å². The molecule has 4 rings (SSSR count). The molecule has 9 heteroatoms. The number of carbonyl (C=O) groups excluding carboxylic acids is 1. The van der Waals surface area contributed by atoms with Crippen molar-refractivity contribution in [3.63, 3.8) is 0 Å². The lowest BCUT2D eigenvalue weighted by Crippen LogP contribution is -2.49. The number of nitrogens with one attached hydrogen (secondary N) is 1. The minimum atomic E-state index is -3.39. The van der Waals surface area contributed by atoms with E-state index in [1.807, 2.05) is 30.3 Å². The maximum Gasteiger partial charge on any atom is 0.224 e. The van der Waals surface area contributed by atoms with Crippen LogP contribution in [0.4, 0.5) is 0 Å². The molecule has 162 valence electrons. The monoisotopic (exact) mass is 432 g/mol. The van der Waals surface area contributed by atoms with Crippen LogP contribution in [0.15, 0.2) is 34.9 Å². The van der Waals surface area contributed by atoms with Crippen molar-refractivity contribution in [2.75, 3.05) is 13.1 Å². The fourth-order valence-electron chi connectivity index (χ4n) is 4.49. The van der Waals surface area contributed by atoms with Gasteiger partial charge >= 0.3 is 0 Å². The van der Waals surface area contributed by atoms with Gasteiger partial charge in [0.05, 0.1) is 5.75 Å². The Morgan fingerprint density at radius 2 is 1.87 bits per heavy atom. The van der Waals surface area contributed by atoms with Gasteiger partial charge in [-0.2, -0.15) is 4.98 Å². The predicted octanol–water partition coefficient (Wildman–Crippen LogP) is 2.51. The first-order valence-corrected chi connectivity index (χ1v) is 12.1. The van der Waals surface area contributed by atoms with Crippen LogP contribution in [0.2, 0.25) is 0 Å². The van der Waals surface area contributed by atoms with Gasteiger partial charge in [0.1, 0.15) is 5.54 Å². The number of nitrogens with zero attached hydrogens (tertiary/aromatic N) is 3. The Labute approximate surface area is 177 Å². The van der Waals surface area contributed by atoms with Gasteiger partial charge in [0, 0.05) is 25.9 Å². The maximum atomic E-state index is 13.0. The molecule has 8 nitrogen and oxygen atoms in total. The molecule has 2 heterocycles. The highest BCUT2D eigenvalue weighted by atomic mass is 32.2. The van der Waals surface area contributed by atoms with Crippen molar-refractivity contribution >= 4 is 15.9 Å². The zero-order chi connectivity index (χ0) is 21.2. The molecule has 1 aromatic carbocycles.